The van der Waals surface area contributed by atoms with Crippen molar-refractivity contribution in [2.24, 2.45) is 0 Å². The molecule has 8 rings (SSSR count). The van der Waals surface area contributed by atoms with Crippen LogP contribution in [0.5, 0.6) is 11.5 Å². The molecule has 0 fully saturated rings. The number of ether oxygens (including phenoxy) is 2. The van der Waals surface area contributed by atoms with Crippen molar-refractivity contribution >= 4 is 67.7 Å². The third-order valence-electron chi connectivity index (χ3n) is 8.67. The fourth-order valence-corrected chi connectivity index (χ4v) is 8.52. The van der Waals surface area contributed by atoms with Gasteiger partial charge in [0.1, 0.15) is 11.5 Å². The maximum atomic E-state index is 14.4. The topological polar surface area (TPSA) is 102 Å². The lowest BCUT2D eigenvalue weighted by molar-refractivity contribution is 0.101. The Hall–Kier alpha value is -6.36. The van der Waals surface area contributed by atoms with Crippen LogP contribution in [0.1, 0.15) is 20.7 Å². The fourth-order valence-electron chi connectivity index (χ4n) is 6.04. The third-order valence-corrected chi connectivity index (χ3v) is 11.2. The number of fused-ring (bicyclic) bond motifs is 2. The molecule has 4 heterocycles. The van der Waals surface area contributed by atoms with Gasteiger partial charge in [-0.15, -0.1) is 22.7 Å². The Morgan fingerprint density at radius 2 is 0.942 bits per heavy atom. The summed E-state index contributed by atoms with van der Waals surface area (Å²) >= 11 is 2.91. The molecule has 2 N–H and O–H groups in total. The van der Waals surface area contributed by atoms with Crippen molar-refractivity contribution in [1.82, 2.24) is 9.97 Å². The number of hydrogen-bond donors (Lipinski definition) is 2. The van der Waals surface area contributed by atoms with Gasteiger partial charge >= 0.3 is 0 Å². The second-order valence-corrected chi connectivity index (χ2v) is 13.9. The van der Waals surface area contributed by atoms with Gasteiger partial charge in [-0.05, 0) is 96.1 Å². The van der Waals surface area contributed by atoms with E-state index in [9.17, 15) is 9.59 Å². The zero-order chi connectivity index (χ0) is 35.6. The van der Waals surface area contributed by atoms with E-state index in [0.29, 0.717) is 43.3 Å². The number of aromatic nitrogens is 2. The molecule has 4 aromatic heterocycles. The molecule has 8 aromatic rings. The molecule has 0 aliphatic heterocycles. The van der Waals surface area contributed by atoms with Gasteiger partial charge < -0.3 is 20.1 Å². The summed E-state index contributed by atoms with van der Waals surface area (Å²) < 4.78 is 10.8. The molecule has 0 aliphatic rings. The summed E-state index contributed by atoms with van der Waals surface area (Å²) in [6.07, 6.45) is 3.41. The highest BCUT2D eigenvalue weighted by Gasteiger charge is 2.27. The van der Waals surface area contributed by atoms with Crippen molar-refractivity contribution in [3.8, 4) is 42.1 Å². The Balaban J connectivity index is 1.28. The summed E-state index contributed by atoms with van der Waals surface area (Å²) in [5, 5.41) is 8.07. The number of anilines is 2. The lowest BCUT2D eigenvalue weighted by Crippen LogP contribution is -2.14. The minimum Gasteiger partial charge on any atom is -0.497 e. The number of para-hydroxylation sites is 2. The first-order valence-electron chi connectivity index (χ1n) is 16.4. The maximum absolute atomic E-state index is 14.4. The number of pyridine rings is 2. The highest BCUT2D eigenvalue weighted by molar-refractivity contribution is 7.26. The number of nitrogens with one attached hydrogen (secondary N) is 2. The molecule has 4 aromatic carbocycles. The molecule has 254 valence electrons. The zero-order valence-electron chi connectivity index (χ0n) is 28.0. The summed E-state index contributed by atoms with van der Waals surface area (Å²) in [5.74, 6) is 0.832. The molecule has 52 heavy (non-hydrogen) atoms. The van der Waals surface area contributed by atoms with Gasteiger partial charge in [-0.3, -0.25) is 19.6 Å². The second-order valence-electron chi connectivity index (χ2n) is 11.8. The summed E-state index contributed by atoms with van der Waals surface area (Å²) in [4.78, 5) is 40.9. The highest BCUT2D eigenvalue weighted by atomic mass is 32.1. The fraction of sp³-hybridized carbons (Fsp3) is 0.0476. The predicted molar refractivity (Wildman–Crippen MR) is 211 cm³/mol. The first-order valence-corrected chi connectivity index (χ1v) is 18.0. The van der Waals surface area contributed by atoms with Crippen LogP contribution in [0.3, 0.4) is 0 Å². The number of hydrogen-bond acceptors (Lipinski definition) is 8. The van der Waals surface area contributed by atoms with Gasteiger partial charge in [0.05, 0.1) is 57.5 Å². The van der Waals surface area contributed by atoms with Crippen LogP contribution in [0.2, 0.25) is 0 Å². The monoisotopic (exact) mass is 718 g/mol. The molecule has 0 atom stereocenters. The lowest BCUT2D eigenvalue weighted by atomic mass is 10.1. The Morgan fingerprint density at radius 1 is 0.538 bits per heavy atom. The third kappa shape index (κ3) is 6.37. The smallest absolute Gasteiger partial charge is 0.257 e. The number of methoxy groups -OCH3 is 2. The van der Waals surface area contributed by atoms with E-state index in [1.807, 2.05) is 121 Å². The Morgan fingerprint density at radius 3 is 1.35 bits per heavy atom. The quantitative estimate of drug-likeness (QED) is 0.154. The largest absolute Gasteiger partial charge is 0.497 e. The van der Waals surface area contributed by atoms with Gasteiger partial charge in [-0.1, -0.05) is 36.4 Å². The van der Waals surface area contributed by atoms with E-state index in [0.717, 1.165) is 43.2 Å². The van der Waals surface area contributed by atoms with E-state index >= 15 is 0 Å². The van der Waals surface area contributed by atoms with Crippen LogP contribution in [0.15, 0.2) is 134 Å². The molecule has 0 saturated carbocycles. The standard InChI is InChI=1S/C42H30N4O4S2/c1-49-29-17-13-25(14-18-29)35-23-31(41(47)45-33-11-3-7-27-9-5-21-43-37(27)33)39(51-35)40-32(24-36(52-40)26-15-19-30(50-2)20-16-26)42(48)46-34-12-4-8-28-10-6-22-44-38(28)34/h3-24H,1-2H3,(H,45,47)(H,46,48). The molecule has 0 aliphatic carbocycles. The summed E-state index contributed by atoms with van der Waals surface area (Å²) in [6.45, 7) is 0. The molecule has 0 unspecified atom stereocenters. The molecular formula is C42H30N4O4S2. The van der Waals surface area contributed by atoms with Crippen LogP contribution in [0.25, 0.3) is 52.4 Å². The van der Waals surface area contributed by atoms with Crippen molar-refractivity contribution < 1.29 is 19.1 Å². The van der Waals surface area contributed by atoms with Gasteiger partial charge in [0.15, 0.2) is 0 Å². The van der Waals surface area contributed by atoms with Crippen molar-refractivity contribution in [2.45, 2.75) is 0 Å². The molecular weight excluding hydrogens is 689 g/mol. The van der Waals surface area contributed by atoms with E-state index in [4.69, 9.17) is 9.47 Å². The Labute approximate surface area is 307 Å². The SMILES string of the molecule is COc1ccc(-c2cc(C(=O)Nc3cccc4cccnc34)c(-c3sc(-c4ccc(OC)cc4)cc3C(=O)Nc3cccc4cccnc34)s2)cc1. The average Bonchev–Trinajstić information content (AvgIpc) is 3.84. The molecule has 8 nitrogen and oxygen atoms in total. The van der Waals surface area contributed by atoms with Crippen molar-refractivity contribution in [1.29, 1.82) is 0 Å². The van der Waals surface area contributed by atoms with E-state index in [1.165, 1.54) is 22.7 Å². The van der Waals surface area contributed by atoms with Crippen LogP contribution in [0.4, 0.5) is 11.4 Å². The number of rotatable bonds is 9. The van der Waals surface area contributed by atoms with Crippen molar-refractivity contribution in [3.63, 3.8) is 0 Å². The molecule has 0 saturated heterocycles. The predicted octanol–water partition coefficient (Wildman–Crippen LogP) is 10.4. The lowest BCUT2D eigenvalue weighted by Gasteiger charge is -2.10. The van der Waals surface area contributed by atoms with E-state index in [-0.39, 0.29) is 11.8 Å². The van der Waals surface area contributed by atoms with Gasteiger partial charge in [0, 0.05) is 32.9 Å². The summed E-state index contributed by atoms with van der Waals surface area (Å²) in [6, 6.07) is 38.2. The van der Waals surface area contributed by atoms with Crippen LogP contribution in [0, 0.1) is 0 Å². The van der Waals surface area contributed by atoms with E-state index < -0.39 is 0 Å². The number of thiophene rings is 2. The van der Waals surface area contributed by atoms with Gasteiger partial charge in [0.25, 0.3) is 11.8 Å². The normalized spacial score (nSPS) is 11.0. The van der Waals surface area contributed by atoms with Gasteiger partial charge in [0.2, 0.25) is 0 Å². The molecule has 2 amide bonds. The molecule has 0 radical (unpaired) electrons. The van der Waals surface area contributed by atoms with Crippen molar-refractivity contribution in [2.75, 3.05) is 24.9 Å². The van der Waals surface area contributed by atoms with Gasteiger partial charge in [-0.2, -0.15) is 0 Å². The van der Waals surface area contributed by atoms with Crippen LogP contribution in [-0.4, -0.2) is 36.0 Å². The van der Waals surface area contributed by atoms with Crippen LogP contribution >= 0.6 is 22.7 Å². The minimum absolute atomic E-state index is 0.312. The Kier molecular flexibility index (Phi) is 8.90. The first-order chi connectivity index (χ1) is 25.5. The maximum Gasteiger partial charge on any atom is 0.257 e. The molecule has 10 heteroatoms. The zero-order valence-corrected chi connectivity index (χ0v) is 29.7. The van der Waals surface area contributed by atoms with E-state index in [1.54, 1.807) is 26.6 Å². The first kappa shape index (κ1) is 32.8. The molecule has 0 bridgehead atoms. The van der Waals surface area contributed by atoms with E-state index in [2.05, 4.69) is 20.6 Å². The number of amides is 2. The number of carbonyl (C=O) groups excluding carboxylic acids is 2. The number of benzene rings is 4. The van der Waals surface area contributed by atoms with Crippen molar-refractivity contribution in [3.05, 3.63) is 145 Å². The van der Waals surface area contributed by atoms with Crippen LogP contribution in [-0.2, 0) is 0 Å². The average molecular weight is 719 g/mol. The minimum atomic E-state index is -0.312. The second kappa shape index (κ2) is 14.1. The number of carbonyl (C=O) groups is 2. The summed E-state index contributed by atoms with van der Waals surface area (Å²) in [5.41, 5.74) is 5.27. The molecule has 0 spiro atoms. The highest BCUT2D eigenvalue weighted by Crippen LogP contribution is 2.46. The number of nitrogens with zero attached hydrogens (tertiary/aromatic N) is 2. The van der Waals surface area contributed by atoms with Gasteiger partial charge in [-0.25, -0.2) is 0 Å². The van der Waals surface area contributed by atoms with Crippen LogP contribution < -0.4 is 20.1 Å². The Bertz CT molecular complexity index is 2400. The summed E-state index contributed by atoms with van der Waals surface area (Å²) in [7, 11) is 3.25.